The molecule has 1 N–H and O–H groups in total. The highest BCUT2D eigenvalue weighted by molar-refractivity contribution is 5.79. The molecule has 2 rings (SSSR count). The maximum Gasteiger partial charge on any atom is 0.227 e. The Morgan fingerprint density at radius 1 is 1.47 bits per heavy atom. The second-order valence-corrected chi connectivity index (χ2v) is 4.63. The number of β-amino-alcohol motifs (C(OH)–C–C–N with tert-alkyl or cyclic N) is 1. The Labute approximate surface area is 102 Å². The van der Waals surface area contributed by atoms with Crippen LogP contribution in [0.2, 0.25) is 0 Å². The van der Waals surface area contributed by atoms with Crippen LogP contribution in [0.25, 0.3) is 0 Å². The Kier molecular flexibility index (Phi) is 3.79. The summed E-state index contributed by atoms with van der Waals surface area (Å²) in [5.41, 5.74) is 2.33. The van der Waals surface area contributed by atoms with Gasteiger partial charge in [0, 0.05) is 13.1 Å². The van der Waals surface area contributed by atoms with Crippen molar-refractivity contribution in [2.24, 2.45) is 0 Å². The van der Waals surface area contributed by atoms with Crippen LogP contribution in [-0.2, 0) is 17.6 Å². The van der Waals surface area contributed by atoms with Crippen LogP contribution in [0.1, 0.15) is 24.5 Å². The second kappa shape index (κ2) is 5.32. The van der Waals surface area contributed by atoms with Gasteiger partial charge < -0.3 is 10.0 Å². The van der Waals surface area contributed by atoms with Crippen molar-refractivity contribution in [3.63, 3.8) is 0 Å². The van der Waals surface area contributed by atoms with E-state index in [0.29, 0.717) is 25.9 Å². The van der Waals surface area contributed by atoms with Gasteiger partial charge in [0.2, 0.25) is 5.91 Å². The number of aliphatic hydroxyl groups is 1. The number of hydrogen-bond acceptors (Lipinski definition) is 2. The molecule has 0 saturated carbocycles. The lowest BCUT2D eigenvalue weighted by molar-refractivity contribution is -0.129. The van der Waals surface area contributed by atoms with Crippen molar-refractivity contribution in [2.45, 2.75) is 32.3 Å². The number of carbonyl (C=O) groups excluding carboxylic acids is 1. The number of carbonyl (C=O) groups is 1. The molecule has 1 heterocycles. The predicted molar refractivity (Wildman–Crippen MR) is 66.7 cm³/mol. The lowest BCUT2D eigenvalue weighted by Crippen LogP contribution is -2.30. The van der Waals surface area contributed by atoms with Gasteiger partial charge in [0.05, 0.1) is 12.5 Å². The lowest BCUT2D eigenvalue weighted by atomic mass is 10.1. The summed E-state index contributed by atoms with van der Waals surface area (Å²) in [5, 5.41) is 9.40. The van der Waals surface area contributed by atoms with Gasteiger partial charge in [-0.3, -0.25) is 4.79 Å². The maximum atomic E-state index is 12.0. The smallest absolute Gasteiger partial charge is 0.227 e. The van der Waals surface area contributed by atoms with Crippen molar-refractivity contribution in [1.82, 2.24) is 4.90 Å². The van der Waals surface area contributed by atoms with E-state index in [-0.39, 0.29) is 12.0 Å². The molecule has 0 unspecified atom stereocenters. The average molecular weight is 233 g/mol. The van der Waals surface area contributed by atoms with Crippen LogP contribution in [0, 0.1) is 0 Å². The van der Waals surface area contributed by atoms with Crippen LogP contribution in [0.5, 0.6) is 0 Å². The van der Waals surface area contributed by atoms with E-state index in [0.717, 1.165) is 12.0 Å². The minimum absolute atomic E-state index is 0.120. The van der Waals surface area contributed by atoms with E-state index in [1.54, 1.807) is 4.90 Å². The summed E-state index contributed by atoms with van der Waals surface area (Å²) in [6.45, 7) is 3.29. The molecule has 0 aliphatic carbocycles. The van der Waals surface area contributed by atoms with Crippen LogP contribution < -0.4 is 0 Å². The number of hydrogen-bond donors (Lipinski definition) is 1. The van der Waals surface area contributed by atoms with Crippen molar-refractivity contribution in [2.75, 3.05) is 13.1 Å². The van der Waals surface area contributed by atoms with E-state index in [4.69, 9.17) is 0 Å². The molecule has 1 amide bonds. The van der Waals surface area contributed by atoms with Crippen molar-refractivity contribution < 1.29 is 9.90 Å². The first-order valence-corrected chi connectivity index (χ1v) is 6.22. The van der Waals surface area contributed by atoms with Crippen molar-refractivity contribution in [3.8, 4) is 0 Å². The fourth-order valence-electron chi connectivity index (χ4n) is 2.21. The van der Waals surface area contributed by atoms with Gasteiger partial charge in [-0.2, -0.15) is 0 Å². The highest BCUT2D eigenvalue weighted by atomic mass is 16.3. The summed E-state index contributed by atoms with van der Waals surface area (Å²) >= 11 is 0. The lowest BCUT2D eigenvalue weighted by Gasteiger charge is -2.15. The standard InChI is InChI=1S/C14H19NO2/c1-2-11-4-3-5-12(8-11)9-14(17)15-7-6-13(16)10-15/h3-5,8,13,16H,2,6-7,9-10H2,1H3/t13-/m0/s1. The Balaban J connectivity index is 1.98. The van der Waals surface area contributed by atoms with E-state index >= 15 is 0 Å². The Bertz CT molecular complexity index is 403. The van der Waals surface area contributed by atoms with Crippen molar-refractivity contribution >= 4 is 5.91 Å². The van der Waals surface area contributed by atoms with Crippen LogP contribution in [0.15, 0.2) is 24.3 Å². The minimum Gasteiger partial charge on any atom is -0.391 e. The summed E-state index contributed by atoms with van der Waals surface area (Å²) in [4.78, 5) is 13.7. The van der Waals surface area contributed by atoms with Crippen molar-refractivity contribution in [1.29, 1.82) is 0 Å². The number of amides is 1. The average Bonchev–Trinajstić information content (AvgIpc) is 2.76. The van der Waals surface area contributed by atoms with E-state index in [1.807, 2.05) is 12.1 Å². The number of nitrogens with zero attached hydrogens (tertiary/aromatic N) is 1. The number of rotatable bonds is 3. The fourth-order valence-corrected chi connectivity index (χ4v) is 2.21. The summed E-state index contributed by atoms with van der Waals surface area (Å²) in [5.74, 6) is 0.120. The number of likely N-dealkylation sites (tertiary alicyclic amines) is 1. The van der Waals surface area contributed by atoms with E-state index in [1.165, 1.54) is 5.56 Å². The summed E-state index contributed by atoms with van der Waals surface area (Å²) in [6, 6.07) is 8.15. The first-order valence-electron chi connectivity index (χ1n) is 6.22. The van der Waals surface area contributed by atoms with Gasteiger partial charge >= 0.3 is 0 Å². The number of aliphatic hydroxyl groups excluding tert-OH is 1. The molecule has 1 aromatic rings. The molecule has 92 valence electrons. The third kappa shape index (κ3) is 3.07. The first-order chi connectivity index (χ1) is 8.19. The number of aryl methyl sites for hydroxylation is 1. The highest BCUT2D eigenvalue weighted by Crippen LogP contribution is 2.12. The van der Waals surface area contributed by atoms with Gasteiger partial charge in [0.1, 0.15) is 0 Å². The summed E-state index contributed by atoms with van der Waals surface area (Å²) in [7, 11) is 0. The topological polar surface area (TPSA) is 40.5 Å². The van der Waals surface area contributed by atoms with Crippen LogP contribution in [0.4, 0.5) is 0 Å². The molecule has 0 aromatic heterocycles. The molecule has 1 saturated heterocycles. The molecule has 1 atom stereocenters. The molecule has 1 fully saturated rings. The predicted octanol–water partition coefficient (Wildman–Crippen LogP) is 1.38. The van der Waals surface area contributed by atoms with Crippen LogP contribution in [-0.4, -0.2) is 35.1 Å². The van der Waals surface area contributed by atoms with Gasteiger partial charge in [-0.15, -0.1) is 0 Å². The van der Waals surface area contributed by atoms with E-state index < -0.39 is 0 Å². The fraction of sp³-hybridized carbons (Fsp3) is 0.500. The zero-order valence-corrected chi connectivity index (χ0v) is 10.2. The monoisotopic (exact) mass is 233 g/mol. The molecule has 1 aliphatic heterocycles. The Morgan fingerprint density at radius 3 is 2.88 bits per heavy atom. The molecule has 3 nitrogen and oxygen atoms in total. The molecule has 0 radical (unpaired) electrons. The molecule has 1 aliphatic rings. The van der Waals surface area contributed by atoms with Gasteiger partial charge in [-0.25, -0.2) is 0 Å². The second-order valence-electron chi connectivity index (χ2n) is 4.63. The normalized spacial score (nSPS) is 19.6. The first kappa shape index (κ1) is 12.1. The molecular formula is C14H19NO2. The Hall–Kier alpha value is -1.35. The summed E-state index contributed by atoms with van der Waals surface area (Å²) < 4.78 is 0. The third-order valence-corrected chi connectivity index (χ3v) is 3.27. The highest BCUT2D eigenvalue weighted by Gasteiger charge is 2.24. The molecule has 1 aromatic carbocycles. The SMILES string of the molecule is CCc1cccc(CC(=O)N2CC[C@H](O)C2)c1. The van der Waals surface area contributed by atoms with Gasteiger partial charge in [-0.05, 0) is 24.0 Å². The van der Waals surface area contributed by atoms with Gasteiger partial charge in [0.15, 0.2) is 0 Å². The van der Waals surface area contributed by atoms with Crippen molar-refractivity contribution in [3.05, 3.63) is 35.4 Å². The number of benzene rings is 1. The summed E-state index contributed by atoms with van der Waals surface area (Å²) in [6.07, 6.45) is 1.81. The van der Waals surface area contributed by atoms with Gasteiger partial charge in [0.25, 0.3) is 0 Å². The quantitative estimate of drug-likeness (QED) is 0.857. The van der Waals surface area contributed by atoms with Crippen LogP contribution in [0.3, 0.4) is 0 Å². The van der Waals surface area contributed by atoms with E-state index in [2.05, 4.69) is 19.1 Å². The largest absolute Gasteiger partial charge is 0.391 e. The molecule has 17 heavy (non-hydrogen) atoms. The van der Waals surface area contributed by atoms with Gasteiger partial charge in [-0.1, -0.05) is 31.2 Å². The minimum atomic E-state index is -0.332. The zero-order valence-electron chi connectivity index (χ0n) is 10.2. The Morgan fingerprint density at radius 2 is 2.24 bits per heavy atom. The molecule has 3 heteroatoms. The molecule has 0 bridgehead atoms. The van der Waals surface area contributed by atoms with E-state index in [9.17, 15) is 9.90 Å². The molecular weight excluding hydrogens is 214 g/mol. The zero-order chi connectivity index (χ0) is 12.3. The third-order valence-electron chi connectivity index (χ3n) is 3.27. The maximum absolute atomic E-state index is 12.0. The van der Waals surface area contributed by atoms with Crippen LogP contribution >= 0.6 is 0 Å². The molecule has 0 spiro atoms.